The van der Waals surface area contributed by atoms with Crippen LogP contribution in [0.3, 0.4) is 0 Å². The maximum absolute atomic E-state index is 11.3. The van der Waals surface area contributed by atoms with Crippen LogP contribution in [0.5, 0.6) is 0 Å². The first-order chi connectivity index (χ1) is 6.15. The predicted octanol–water partition coefficient (Wildman–Crippen LogP) is 0.812. The van der Waals surface area contributed by atoms with Crippen LogP contribution in [0.2, 0.25) is 0 Å². The minimum Gasteiger partial charge on any atom is -0.450 e. The molecule has 0 spiro atoms. The summed E-state index contributed by atoms with van der Waals surface area (Å²) >= 11 is 0. The molecule has 1 aliphatic heterocycles. The largest absolute Gasteiger partial charge is 0.450 e. The van der Waals surface area contributed by atoms with Gasteiger partial charge in [-0.2, -0.15) is 0 Å². The van der Waals surface area contributed by atoms with Crippen molar-refractivity contribution in [1.29, 1.82) is 0 Å². The van der Waals surface area contributed by atoms with Crippen molar-refractivity contribution in [1.82, 2.24) is 4.90 Å². The van der Waals surface area contributed by atoms with Gasteiger partial charge in [-0.3, -0.25) is 0 Å². The summed E-state index contributed by atoms with van der Waals surface area (Å²) in [5.74, 6) is 0.373. The third kappa shape index (κ3) is 2.59. The number of piperidine rings is 1. The third-order valence-corrected chi connectivity index (χ3v) is 2.50. The fourth-order valence-electron chi connectivity index (χ4n) is 1.54. The molecule has 13 heavy (non-hydrogen) atoms. The highest BCUT2D eigenvalue weighted by atomic mass is 16.6. The molecule has 1 aliphatic rings. The molecule has 4 heteroatoms. The molecule has 0 aliphatic carbocycles. The molecule has 0 radical (unpaired) electrons. The van der Waals surface area contributed by atoms with E-state index in [4.69, 9.17) is 10.5 Å². The zero-order valence-electron chi connectivity index (χ0n) is 8.32. The number of carbonyl (C=O) groups is 1. The lowest BCUT2D eigenvalue weighted by atomic mass is 9.95. The first-order valence-corrected chi connectivity index (χ1v) is 4.82. The van der Waals surface area contributed by atoms with Crippen LogP contribution in [0.25, 0.3) is 0 Å². The predicted molar refractivity (Wildman–Crippen MR) is 50.4 cm³/mol. The minimum absolute atomic E-state index is 0.207. The Hall–Kier alpha value is -0.770. The summed E-state index contributed by atoms with van der Waals surface area (Å²) in [6, 6.07) is 0.227. The lowest BCUT2D eigenvalue weighted by Gasteiger charge is -2.34. The van der Waals surface area contributed by atoms with E-state index in [1.54, 1.807) is 4.90 Å². The van der Waals surface area contributed by atoms with Gasteiger partial charge in [0.15, 0.2) is 0 Å². The summed E-state index contributed by atoms with van der Waals surface area (Å²) in [6.45, 7) is 5.77. The van der Waals surface area contributed by atoms with E-state index in [0.29, 0.717) is 12.5 Å². The quantitative estimate of drug-likeness (QED) is 0.659. The molecular formula is C9H18N2O2. The van der Waals surface area contributed by atoms with Crippen molar-refractivity contribution >= 4 is 6.09 Å². The van der Waals surface area contributed by atoms with E-state index < -0.39 is 0 Å². The Kier molecular flexibility index (Phi) is 3.54. The summed E-state index contributed by atoms with van der Waals surface area (Å²) in [5.41, 5.74) is 5.84. The van der Waals surface area contributed by atoms with Crippen LogP contribution in [0.15, 0.2) is 0 Å². The molecule has 2 atom stereocenters. The summed E-state index contributed by atoms with van der Waals surface area (Å²) in [4.78, 5) is 13.0. The van der Waals surface area contributed by atoms with Crippen molar-refractivity contribution in [2.24, 2.45) is 11.7 Å². The van der Waals surface area contributed by atoms with E-state index in [1.165, 1.54) is 0 Å². The van der Waals surface area contributed by atoms with E-state index in [9.17, 15) is 4.79 Å². The maximum atomic E-state index is 11.3. The van der Waals surface area contributed by atoms with Gasteiger partial charge in [-0.25, -0.2) is 4.79 Å². The molecule has 1 fully saturated rings. The Labute approximate surface area is 79.0 Å². The lowest BCUT2D eigenvalue weighted by Crippen LogP contribution is -2.48. The molecule has 0 saturated carbocycles. The van der Waals surface area contributed by atoms with Crippen LogP contribution in [0.1, 0.15) is 20.3 Å². The van der Waals surface area contributed by atoms with Crippen LogP contribution in [-0.4, -0.2) is 36.7 Å². The molecule has 1 amide bonds. The second-order valence-corrected chi connectivity index (χ2v) is 3.57. The first kappa shape index (κ1) is 10.3. The van der Waals surface area contributed by atoms with Crippen molar-refractivity contribution in [2.45, 2.75) is 26.3 Å². The third-order valence-electron chi connectivity index (χ3n) is 2.50. The number of hydrogen-bond donors (Lipinski definition) is 1. The normalized spacial score (nSPS) is 28.7. The highest BCUT2D eigenvalue weighted by Crippen LogP contribution is 2.15. The van der Waals surface area contributed by atoms with Crippen molar-refractivity contribution in [3.05, 3.63) is 0 Å². The standard InChI is InChI=1S/C9H18N2O2/c1-3-13-9(12)11-5-4-8(10)7(2)6-11/h7-8H,3-6,10H2,1-2H3/t7-,8+/m0/s1. The van der Waals surface area contributed by atoms with Gasteiger partial charge in [0.1, 0.15) is 0 Å². The molecule has 0 aromatic carbocycles. The lowest BCUT2D eigenvalue weighted by molar-refractivity contribution is 0.0862. The average molecular weight is 186 g/mol. The van der Waals surface area contributed by atoms with Crippen LogP contribution < -0.4 is 5.73 Å². The van der Waals surface area contributed by atoms with Crippen molar-refractivity contribution in [3.8, 4) is 0 Å². The molecule has 1 rings (SSSR count). The number of amides is 1. The van der Waals surface area contributed by atoms with Crippen LogP contribution in [-0.2, 0) is 4.74 Å². The highest BCUT2D eigenvalue weighted by Gasteiger charge is 2.26. The zero-order chi connectivity index (χ0) is 9.84. The zero-order valence-corrected chi connectivity index (χ0v) is 8.32. The van der Waals surface area contributed by atoms with Crippen LogP contribution in [0.4, 0.5) is 4.79 Å². The van der Waals surface area contributed by atoms with Gasteiger partial charge in [-0.1, -0.05) is 6.92 Å². The second-order valence-electron chi connectivity index (χ2n) is 3.57. The molecule has 1 saturated heterocycles. The topological polar surface area (TPSA) is 55.6 Å². The summed E-state index contributed by atoms with van der Waals surface area (Å²) in [5, 5.41) is 0. The van der Waals surface area contributed by atoms with Crippen molar-refractivity contribution in [3.63, 3.8) is 0 Å². The molecule has 76 valence electrons. The van der Waals surface area contributed by atoms with Gasteiger partial charge >= 0.3 is 6.09 Å². The Balaban J connectivity index is 2.40. The number of nitrogens with zero attached hydrogens (tertiary/aromatic N) is 1. The van der Waals surface area contributed by atoms with Gasteiger partial charge in [0.2, 0.25) is 0 Å². The maximum Gasteiger partial charge on any atom is 0.409 e. The van der Waals surface area contributed by atoms with E-state index >= 15 is 0 Å². The van der Waals surface area contributed by atoms with Crippen LogP contribution in [0, 0.1) is 5.92 Å². The molecule has 4 nitrogen and oxygen atoms in total. The number of ether oxygens (including phenoxy) is 1. The van der Waals surface area contributed by atoms with Crippen molar-refractivity contribution in [2.75, 3.05) is 19.7 Å². The Morgan fingerprint density at radius 1 is 1.69 bits per heavy atom. The molecule has 2 N–H and O–H groups in total. The van der Waals surface area contributed by atoms with E-state index in [-0.39, 0.29) is 12.1 Å². The van der Waals surface area contributed by atoms with E-state index in [1.807, 2.05) is 6.92 Å². The molecule has 0 unspecified atom stereocenters. The minimum atomic E-state index is -0.207. The summed E-state index contributed by atoms with van der Waals surface area (Å²) in [7, 11) is 0. The number of hydrogen-bond acceptors (Lipinski definition) is 3. The molecule has 0 bridgehead atoms. The van der Waals surface area contributed by atoms with E-state index in [0.717, 1.165) is 19.5 Å². The number of nitrogens with two attached hydrogens (primary N) is 1. The molecule has 0 aromatic rings. The van der Waals surface area contributed by atoms with Gasteiger partial charge < -0.3 is 15.4 Å². The SMILES string of the molecule is CCOC(=O)N1CC[C@@H](N)[C@@H](C)C1. The highest BCUT2D eigenvalue weighted by molar-refractivity contribution is 5.67. The van der Waals surface area contributed by atoms with Gasteiger partial charge in [0.05, 0.1) is 6.61 Å². The Morgan fingerprint density at radius 2 is 2.38 bits per heavy atom. The fourth-order valence-corrected chi connectivity index (χ4v) is 1.54. The molecule has 0 aromatic heterocycles. The summed E-state index contributed by atoms with van der Waals surface area (Å²) in [6.07, 6.45) is 0.668. The second kappa shape index (κ2) is 4.46. The Bertz CT molecular complexity index is 184. The van der Waals surface area contributed by atoms with Gasteiger partial charge in [0, 0.05) is 19.1 Å². The van der Waals surface area contributed by atoms with Gasteiger partial charge in [0.25, 0.3) is 0 Å². The van der Waals surface area contributed by atoms with E-state index in [2.05, 4.69) is 6.92 Å². The fraction of sp³-hybridized carbons (Fsp3) is 0.889. The number of likely N-dealkylation sites (tertiary alicyclic amines) is 1. The summed E-state index contributed by atoms with van der Waals surface area (Å²) < 4.78 is 4.91. The molecule has 1 heterocycles. The number of rotatable bonds is 1. The Morgan fingerprint density at radius 3 is 2.92 bits per heavy atom. The smallest absolute Gasteiger partial charge is 0.409 e. The van der Waals surface area contributed by atoms with Gasteiger partial charge in [-0.15, -0.1) is 0 Å². The molecular weight excluding hydrogens is 168 g/mol. The first-order valence-electron chi connectivity index (χ1n) is 4.82. The monoisotopic (exact) mass is 186 g/mol. The van der Waals surface area contributed by atoms with Crippen molar-refractivity contribution < 1.29 is 9.53 Å². The number of carbonyl (C=O) groups excluding carboxylic acids is 1. The average Bonchev–Trinajstić information content (AvgIpc) is 2.10. The van der Waals surface area contributed by atoms with Crippen LogP contribution >= 0.6 is 0 Å². The van der Waals surface area contributed by atoms with Gasteiger partial charge in [-0.05, 0) is 19.3 Å².